The molecule has 5 nitrogen and oxygen atoms in total. The zero-order chi connectivity index (χ0) is 13.8. The summed E-state index contributed by atoms with van der Waals surface area (Å²) in [6, 6.07) is 4.80. The van der Waals surface area contributed by atoms with Gasteiger partial charge in [0.15, 0.2) is 0 Å². The monoisotopic (exact) mass is 328 g/mol. The molecule has 0 bridgehead atoms. The molecule has 0 aliphatic heterocycles. The highest BCUT2D eigenvalue weighted by Crippen LogP contribution is 2.28. The van der Waals surface area contributed by atoms with Crippen LogP contribution in [0.1, 0.15) is 25.8 Å². The number of nitrogens with one attached hydrogen (secondary N) is 2. The minimum Gasteiger partial charge on any atom is -0.406 e. The molecule has 0 amide bonds. The first kappa shape index (κ1) is 14.0. The van der Waals surface area contributed by atoms with E-state index in [2.05, 4.69) is 36.8 Å². The molecule has 2 N–H and O–H groups in total. The Hall–Kier alpha value is -1.47. The molecule has 0 aliphatic carbocycles. The molecule has 1 unspecified atom stereocenters. The molecule has 7 heteroatoms. The average Bonchev–Trinajstić information content (AvgIpc) is 2.83. The van der Waals surface area contributed by atoms with Crippen LogP contribution < -0.4 is 10.6 Å². The predicted molar refractivity (Wildman–Crippen MR) is 73.8 cm³/mol. The Balaban J connectivity index is 2.16. The quantitative estimate of drug-likeness (QED) is 0.880. The fraction of sp³-hybridized carbons (Fsp3) is 0.333. The first-order valence-electron chi connectivity index (χ1n) is 5.89. The Morgan fingerprint density at radius 2 is 2.21 bits per heavy atom. The van der Waals surface area contributed by atoms with E-state index in [9.17, 15) is 4.39 Å². The number of para-hydroxylation sites is 1. The van der Waals surface area contributed by atoms with Gasteiger partial charge in [0.05, 0.1) is 11.7 Å². The van der Waals surface area contributed by atoms with Crippen molar-refractivity contribution in [2.75, 3.05) is 11.9 Å². The Morgan fingerprint density at radius 1 is 1.42 bits per heavy atom. The van der Waals surface area contributed by atoms with Crippen molar-refractivity contribution >= 4 is 27.6 Å². The molecule has 0 aliphatic rings. The van der Waals surface area contributed by atoms with Crippen LogP contribution in [0, 0.1) is 5.82 Å². The van der Waals surface area contributed by atoms with Gasteiger partial charge in [-0.3, -0.25) is 0 Å². The number of halogens is 2. The molecule has 2 rings (SSSR count). The Morgan fingerprint density at radius 3 is 2.89 bits per heavy atom. The Bertz CT molecular complexity index is 540. The lowest BCUT2D eigenvalue weighted by molar-refractivity contribution is 0.430. The third kappa shape index (κ3) is 3.30. The lowest BCUT2D eigenvalue weighted by Gasteiger charge is -2.07. The van der Waals surface area contributed by atoms with Gasteiger partial charge in [-0.1, -0.05) is 18.1 Å². The SMILES string of the molecule is CCNC(C)c1nnc(Nc2c(F)cccc2Br)o1. The standard InChI is InChI=1S/C12H14BrFN4O/c1-3-15-7(2)11-17-18-12(19-11)16-10-8(13)5-4-6-9(10)14/h4-7,15H,3H2,1-2H3,(H,16,18). The summed E-state index contributed by atoms with van der Waals surface area (Å²) < 4.78 is 19.6. The molecule has 19 heavy (non-hydrogen) atoms. The summed E-state index contributed by atoms with van der Waals surface area (Å²) in [5.41, 5.74) is 0.272. The van der Waals surface area contributed by atoms with Crippen molar-refractivity contribution in [1.29, 1.82) is 0 Å². The normalized spacial score (nSPS) is 12.4. The van der Waals surface area contributed by atoms with E-state index in [1.165, 1.54) is 6.07 Å². The van der Waals surface area contributed by atoms with E-state index in [4.69, 9.17) is 4.42 Å². The highest BCUT2D eigenvalue weighted by atomic mass is 79.9. The van der Waals surface area contributed by atoms with Crippen LogP contribution >= 0.6 is 15.9 Å². The van der Waals surface area contributed by atoms with Crippen molar-refractivity contribution in [3.05, 3.63) is 34.4 Å². The van der Waals surface area contributed by atoms with E-state index in [0.717, 1.165) is 6.54 Å². The summed E-state index contributed by atoms with van der Waals surface area (Å²) in [5, 5.41) is 13.7. The Labute approximate surface area is 118 Å². The van der Waals surface area contributed by atoms with Crippen LogP contribution in [0.4, 0.5) is 16.1 Å². The molecule has 1 aromatic carbocycles. The maximum atomic E-state index is 13.6. The van der Waals surface area contributed by atoms with Crippen LogP contribution in [-0.4, -0.2) is 16.7 Å². The molecule has 0 saturated heterocycles. The van der Waals surface area contributed by atoms with E-state index < -0.39 is 5.82 Å². The largest absolute Gasteiger partial charge is 0.406 e. The lowest BCUT2D eigenvalue weighted by atomic mass is 10.3. The molecule has 0 saturated carbocycles. The minimum absolute atomic E-state index is 0.0443. The summed E-state index contributed by atoms with van der Waals surface area (Å²) in [6.45, 7) is 4.70. The van der Waals surface area contributed by atoms with Gasteiger partial charge in [-0.05, 0) is 41.5 Å². The highest BCUT2D eigenvalue weighted by molar-refractivity contribution is 9.10. The van der Waals surface area contributed by atoms with Crippen LogP contribution in [0.2, 0.25) is 0 Å². The van der Waals surface area contributed by atoms with Gasteiger partial charge in [-0.15, -0.1) is 5.10 Å². The molecular formula is C12H14BrFN4O. The van der Waals surface area contributed by atoms with Crippen molar-refractivity contribution in [3.8, 4) is 0 Å². The van der Waals surface area contributed by atoms with Crippen molar-refractivity contribution in [2.24, 2.45) is 0 Å². The lowest BCUT2D eigenvalue weighted by Crippen LogP contribution is -2.17. The number of anilines is 2. The number of aromatic nitrogens is 2. The van der Waals surface area contributed by atoms with Crippen LogP contribution in [0.25, 0.3) is 0 Å². The molecule has 0 fully saturated rings. The summed E-state index contributed by atoms with van der Waals surface area (Å²) in [5.74, 6) is 0.0608. The van der Waals surface area contributed by atoms with Crippen LogP contribution in [0.3, 0.4) is 0 Å². The smallest absolute Gasteiger partial charge is 0.320 e. The topological polar surface area (TPSA) is 63.0 Å². The summed E-state index contributed by atoms with van der Waals surface area (Å²) in [7, 11) is 0. The van der Waals surface area contributed by atoms with Crippen LogP contribution in [0.15, 0.2) is 27.1 Å². The second-order valence-corrected chi connectivity index (χ2v) is 4.80. The maximum Gasteiger partial charge on any atom is 0.320 e. The molecular weight excluding hydrogens is 315 g/mol. The fourth-order valence-corrected chi connectivity index (χ4v) is 2.02. The van der Waals surface area contributed by atoms with Gasteiger partial charge >= 0.3 is 6.01 Å². The first-order valence-corrected chi connectivity index (χ1v) is 6.69. The molecule has 102 valence electrons. The van der Waals surface area contributed by atoms with Gasteiger partial charge < -0.3 is 15.1 Å². The number of hydrogen-bond donors (Lipinski definition) is 2. The second-order valence-electron chi connectivity index (χ2n) is 3.95. The van der Waals surface area contributed by atoms with Crippen LogP contribution in [0.5, 0.6) is 0 Å². The minimum atomic E-state index is -0.395. The number of benzene rings is 1. The van der Waals surface area contributed by atoms with E-state index in [0.29, 0.717) is 10.4 Å². The third-order valence-corrected chi connectivity index (χ3v) is 3.18. The van der Waals surface area contributed by atoms with Crippen molar-refractivity contribution < 1.29 is 8.81 Å². The van der Waals surface area contributed by atoms with Gasteiger partial charge in [0.25, 0.3) is 0 Å². The van der Waals surface area contributed by atoms with Crippen molar-refractivity contribution in [1.82, 2.24) is 15.5 Å². The molecule has 1 atom stereocenters. The third-order valence-electron chi connectivity index (χ3n) is 2.52. The van der Waals surface area contributed by atoms with Gasteiger partial charge in [-0.25, -0.2) is 4.39 Å². The van der Waals surface area contributed by atoms with Crippen molar-refractivity contribution in [3.63, 3.8) is 0 Å². The zero-order valence-corrected chi connectivity index (χ0v) is 12.2. The fourth-order valence-electron chi connectivity index (χ4n) is 1.58. The molecule has 1 aromatic heterocycles. The van der Waals surface area contributed by atoms with Gasteiger partial charge in [-0.2, -0.15) is 0 Å². The summed E-state index contributed by atoms with van der Waals surface area (Å²) in [6.07, 6.45) is 0. The predicted octanol–water partition coefficient (Wildman–Crippen LogP) is 3.39. The van der Waals surface area contributed by atoms with Gasteiger partial charge in [0.2, 0.25) is 5.89 Å². The molecule has 0 radical (unpaired) electrons. The molecule has 1 heterocycles. The maximum absolute atomic E-state index is 13.6. The molecule has 2 aromatic rings. The number of hydrogen-bond acceptors (Lipinski definition) is 5. The highest BCUT2D eigenvalue weighted by Gasteiger charge is 2.14. The Kier molecular flexibility index (Phi) is 4.49. The van der Waals surface area contributed by atoms with E-state index in [-0.39, 0.29) is 17.7 Å². The summed E-state index contributed by atoms with van der Waals surface area (Å²) >= 11 is 3.26. The second kappa shape index (κ2) is 6.12. The average molecular weight is 329 g/mol. The molecule has 0 spiro atoms. The number of nitrogens with zero attached hydrogens (tertiary/aromatic N) is 2. The van der Waals surface area contributed by atoms with Crippen molar-refractivity contribution in [2.45, 2.75) is 19.9 Å². The summed E-state index contributed by atoms with van der Waals surface area (Å²) in [4.78, 5) is 0. The van der Waals surface area contributed by atoms with Crippen LogP contribution in [-0.2, 0) is 0 Å². The zero-order valence-electron chi connectivity index (χ0n) is 10.6. The van der Waals surface area contributed by atoms with Gasteiger partial charge in [0, 0.05) is 4.47 Å². The van der Waals surface area contributed by atoms with E-state index >= 15 is 0 Å². The van der Waals surface area contributed by atoms with E-state index in [1.807, 2.05) is 13.8 Å². The van der Waals surface area contributed by atoms with Gasteiger partial charge in [0.1, 0.15) is 5.82 Å². The number of rotatable bonds is 5. The first-order chi connectivity index (χ1) is 9.11. The van der Waals surface area contributed by atoms with E-state index in [1.54, 1.807) is 12.1 Å².